The Labute approximate surface area is 212 Å². The highest BCUT2D eigenvalue weighted by molar-refractivity contribution is 8.00. The lowest BCUT2D eigenvalue weighted by molar-refractivity contribution is 0.0947. The van der Waals surface area contributed by atoms with Crippen LogP contribution < -0.4 is 15.4 Å². The van der Waals surface area contributed by atoms with Crippen molar-refractivity contribution in [3.63, 3.8) is 0 Å². The summed E-state index contributed by atoms with van der Waals surface area (Å²) in [5.74, 6) is -0.320. The molecule has 4 rings (SSSR count). The van der Waals surface area contributed by atoms with E-state index in [0.29, 0.717) is 27.7 Å². The van der Waals surface area contributed by atoms with Crippen LogP contribution >= 0.6 is 35.1 Å². The Morgan fingerprint density at radius 1 is 0.824 bits per heavy atom. The van der Waals surface area contributed by atoms with Crippen LogP contribution in [0.4, 0.5) is 5.69 Å². The van der Waals surface area contributed by atoms with Crippen LogP contribution in [0.2, 0.25) is 10.0 Å². The molecule has 172 valence electrons. The zero-order valence-electron chi connectivity index (χ0n) is 18.2. The summed E-state index contributed by atoms with van der Waals surface area (Å²) in [4.78, 5) is 25.6. The Morgan fingerprint density at radius 2 is 1.50 bits per heavy atom. The molecule has 0 atom stereocenters. The summed E-state index contributed by atoms with van der Waals surface area (Å²) in [6, 6.07) is 23.9. The van der Waals surface area contributed by atoms with Gasteiger partial charge in [-0.1, -0.05) is 59.6 Å². The lowest BCUT2D eigenvalue weighted by Crippen LogP contribution is -2.23. The molecule has 2 amide bonds. The fourth-order valence-corrected chi connectivity index (χ4v) is 4.93. The number of fused-ring (bicyclic) bond motifs is 1. The topological polar surface area (TPSA) is 70.2 Å². The predicted molar refractivity (Wildman–Crippen MR) is 141 cm³/mol. The van der Waals surface area contributed by atoms with E-state index >= 15 is 0 Å². The van der Waals surface area contributed by atoms with Crippen LogP contribution in [0.25, 0.3) is 10.8 Å². The van der Waals surface area contributed by atoms with Gasteiger partial charge in [-0.05, 0) is 65.4 Å². The summed E-state index contributed by atoms with van der Waals surface area (Å²) in [5.41, 5.74) is 2.93. The van der Waals surface area contributed by atoms with Crippen LogP contribution in [0.15, 0.2) is 83.8 Å². The zero-order chi connectivity index (χ0) is 24.1. The van der Waals surface area contributed by atoms with Gasteiger partial charge in [0.25, 0.3) is 11.8 Å². The summed E-state index contributed by atoms with van der Waals surface area (Å²) in [7, 11) is 1.59. The number of amides is 2. The van der Waals surface area contributed by atoms with Gasteiger partial charge in [0.15, 0.2) is 0 Å². The molecular weight excluding hydrogens is 489 g/mol. The highest BCUT2D eigenvalue weighted by atomic mass is 35.5. The van der Waals surface area contributed by atoms with E-state index in [1.165, 1.54) is 11.9 Å². The van der Waals surface area contributed by atoms with Crippen molar-refractivity contribution in [1.29, 1.82) is 0 Å². The van der Waals surface area contributed by atoms with Crippen molar-refractivity contribution in [3.05, 3.63) is 106 Å². The van der Waals surface area contributed by atoms with Crippen molar-refractivity contribution < 1.29 is 9.59 Å². The van der Waals surface area contributed by atoms with Crippen LogP contribution in [0, 0.1) is 0 Å². The number of benzene rings is 4. The summed E-state index contributed by atoms with van der Waals surface area (Å²) >= 11 is 13.6. The Bertz CT molecular complexity index is 1340. The van der Waals surface area contributed by atoms with Crippen LogP contribution in [0.5, 0.6) is 0 Å². The van der Waals surface area contributed by atoms with E-state index in [1.54, 1.807) is 31.3 Å². The summed E-state index contributed by atoms with van der Waals surface area (Å²) in [6.07, 6.45) is 0. The number of halogens is 2. The average Bonchev–Trinajstić information content (AvgIpc) is 2.85. The average molecular weight is 510 g/mol. The first-order valence-electron chi connectivity index (χ1n) is 10.4. The monoisotopic (exact) mass is 509 g/mol. The smallest absolute Gasteiger partial charge is 0.252 e. The van der Waals surface area contributed by atoms with E-state index in [-0.39, 0.29) is 11.8 Å². The van der Waals surface area contributed by atoms with Gasteiger partial charge < -0.3 is 15.4 Å². The van der Waals surface area contributed by atoms with E-state index in [1.807, 2.05) is 54.6 Å². The second-order valence-electron chi connectivity index (χ2n) is 7.47. The minimum atomic E-state index is -0.174. The molecule has 0 aliphatic carbocycles. The molecule has 0 fully saturated rings. The molecule has 0 saturated heterocycles. The zero-order valence-corrected chi connectivity index (χ0v) is 20.5. The number of hydrogen-bond donors (Lipinski definition) is 3. The van der Waals surface area contributed by atoms with E-state index in [0.717, 1.165) is 26.9 Å². The Hall–Kier alpha value is -3.19. The van der Waals surface area contributed by atoms with Crippen molar-refractivity contribution >= 4 is 63.4 Å². The molecule has 0 unspecified atom stereocenters. The molecule has 0 saturated carbocycles. The molecule has 0 aliphatic heterocycles. The third-order valence-corrected chi connectivity index (χ3v) is 6.41. The number of rotatable bonds is 7. The standard InChI is InChI=1S/C26H21Cl2N3O2S/c1-29-25(32)17-10-8-16(9-11-17)15-30-26(33)23-6-2-5-22-21(23)4-3-7-24(22)31-34-20-13-18(27)12-19(28)14-20/h2-14,31H,15H2,1H3,(H,29,32)(H,30,33). The quantitative estimate of drug-likeness (QED) is 0.247. The minimum Gasteiger partial charge on any atom is -0.355 e. The van der Waals surface area contributed by atoms with Gasteiger partial charge in [0.2, 0.25) is 0 Å². The van der Waals surface area contributed by atoms with Gasteiger partial charge >= 0.3 is 0 Å². The molecule has 34 heavy (non-hydrogen) atoms. The second-order valence-corrected chi connectivity index (χ2v) is 9.23. The third kappa shape index (κ3) is 5.65. The third-order valence-electron chi connectivity index (χ3n) is 5.18. The number of carbonyl (C=O) groups excluding carboxylic acids is 2. The molecule has 8 heteroatoms. The van der Waals surface area contributed by atoms with Crippen LogP contribution in [-0.4, -0.2) is 18.9 Å². The van der Waals surface area contributed by atoms with Gasteiger partial charge in [-0.15, -0.1) is 0 Å². The van der Waals surface area contributed by atoms with E-state index in [9.17, 15) is 9.59 Å². The molecular formula is C26H21Cl2N3O2S. The minimum absolute atomic E-state index is 0.146. The Morgan fingerprint density at radius 3 is 2.21 bits per heavy atom. The van der Waals surface area contributed by atoms with E-state index in [4.69, 9.17) is 23.2 Å². The van der Waals surface area contributed by atoms with Crippen molar-refractivity contribution in [1.82, 2.24) is 10.6 Å². The molecule has 0 heterocycles. The van der Waals surface area contributed by atoms with Crippen molar-refractivity contribution in [2.75, 3.05) is 11.8 Å². The molecule has 0 aromatic heterocycles. The first kappa shape index (κ1) is 24.0. The highest BCUT2D eigenvalue weighted by Gasteiger charge is 2.12. The lowest BCUT2D eigenvalue weighted by atomic mass is 10.0. The summed E-state index contributed by atoms with van der Waals surface area (Å²) in [6.45, 7) is 0.354. The fourth-order valence-electron chi connectivity index (χ4n) is 3.49. The first-order valence-corrected chi connectivity index (χ1v) is 12.0. The number of carbonyl (C=O) groups is 2. The van der Waals surface area contributed by atoms with Gasteiger partial charge in [0.05, 0.1) is 5.69 Å². The highest BCUT2D eigenvalue weighted by Crippen LogP contribution is 2.32. The summed E-state index contributed by atoms with van der Waals surface area (Å²) in [5, 5.41) is 8.45. The first-order chi connectivity index (χ1) is 16.4. The fraction of sp³-hybridized carbons (Fsp3) is 0.0769. The molecule has 0 bridgehead atoms. The molecule has 0 spiro atoms. The summed E-state index contributed by atoms with van der Waals surface area (Å²) < 4.78 is 3.34. The molecule has 0 aliphatic rings. The predicted octanol–water partition coefficient (Wildman–Crippen LogP) is 6.56. The van der Waals surface area contributed by atoms with Gasteiger partial charge in [0.1, 0.15) is 0 Å². The van der Waals surface area contributed by atoms with Gasteiger partial charge in [-0.3, -0.25) is 9.59 Å². The van der Waals surface area contributed by atoms with Gasteiger partial charge in [-0.25, -0.2) is 0 Å². The van der Waals surface area contributed by atoms with Crippen LogP contribution in [0.3, 0.4) is 0 Å². The van der Waals surface area contributed by atoms with Crippen LogP contribution in [-0.2, 0) is 6.54 Å². The van der Waals surface area contributed by atoms with Crippen molar-refractivity contribution in [3.8, 4) is 0 Å². The molecule has 3 N–H and O–H groups in total. The van der Waals surface area contributed by atoms with Crippen molar-refractivity contribution in [2.45, 2.75) is 11.4 Å². The molecule has 0 radical (unpaired) electrons. The van der Waals surface area contributed by atoms with Crippen LogP contribution in [0.1, 0.15) is 26.3 Å². The second kappa shape index (κ2) is 10.8. The van der Waals surface area contributed by atoms with E-state index < -0.39 is 0 Å². The molecule has 4 aromatic carbocycles. The largest absolute Gasteiger partial charge is 0.355 e. The number of hydrogen-bond acceptors (Lipinski definition) is 4. The Kier molecular flexibility index (Phi) is 7.63. The molecule has 4 aromatic rings. The maximum atomic E-state index is 13.0. The SMILES string of the molecule is CNC(=O)c1ccc(CNC(=O)c2cccc3c(NSc4cc(Cl)cc(Cl)c4)cccc23)cc1. The number of anilines is 1. The lowest BCUT2D eigenvalue weighted by Gasteiger charge is -2.13. The Balaban J connectivity index is 1.49. The van der Waals surface area contributed by atoms with E-state index in [2.05, 4.69) is 15.4 Å². The van der Waals surface area contributed by atoms with Crippen molar-refractivity contribution in [2.24, 2.45) is 0 Å². The van der Waals surface area contributed by atoms with Gasteiger partial charge in [0, 0.05) is 45.0 Å². The number of nitrogens with one attached hydrogen (secondary N) is 3. The maximum Gasteiger partial charge on any atom is 0.252 e. The van der Waals surface area contributed by atoms with Gasteiger partial charge in [-0.2, -0.15) is 0 Å². The normalized spacial score (nSPS) is 10.7. The molecule has 5 nitrogen and oxygen atoms in total. The maximum absolute atomic E-state index is 13.0.